The van der Waals surface area contributed by atoms with Crippen LogP contribution in [0.1, 0.15) is 22.5 Å². The number of piperidine rings is 1. The summed E-state index contributed by atoms with van der Waals surface area (Å²) in [6, 6.07) is 0. The SMILES string of the molecule is CNc1nc(N)c(C(=O)N2CCC(CN(C)C)CC2)s1. The monoisotopic (exact) mass is 297 g/mol. The maximum Gasteiger partial charge on any atom is 0.267 e. The van der Waals surface area contributed by atoms with Gasteiger partial charge in [0.15, 0.2) is 5.13 Å². The number of hydrogen-bond donors (Lipinski definition) is 2. The van der Waals surface area contributed by atoms with Gasteiger partial charge in [0.2, 0.25) is 0 Å². The van der Waals surface area contributed by atoms with Gasteiger partial charge in [-0.3, -0.25) is 4.79 Å². The number of nitrogens with two attached hydrogens (primary N) is 1. The molecule has 1 fully saturated rings. The quantitative estimate of drug-likeness (QED) is 0.873. The Labute approximate surface area is 124 Å². The topological polar surface area (TPSA) is 74.5 Å². The Balaban J connectivity index is 1.96. The molecule has 1 saturated heterocycles. The summed E-state index contributed by atoms with van der Waals surface area (Å²) in [7, 11) is 5.96. The molecule has 6 nitrogen and oxygen atoms in total. The van der Waals surface area contributed by atoms with E-state index in [0.29, 0.717) is 21.7 Å². The molecule has 0 atom stereocenters. The molecule has 112 valence electrons. The Morgan fingerprint density at radius 1 is 1.50 bits per heavy atom. The van der Waals surface area contributed by atoms with Crippen LogP contribution in [-0.4, -0.2) is 61.5 Å². The fraction of sp³-hybridized carbons (Fsp3) is 0.692. The fourth-order valence-corrected chi connectivity index (χ4v) is 3.38. The van der Waals surface area contributed by atoms with E-state index in [4.69, 9.17) is 5.73 Å². The Morgan fingerprint density at radius 3 is 2.65 bits per heavy atom. The number of nitrogen functional groups attached to an aromatic ring is 1. The van der Waals surface area contributed by atoms with Crippen LogP contribution in [0.25, 0.3) is 0 Å². The summed E-state index contributed by atoms with van der Waals surface area (Å²) in [5.41, 5.74) is 5.82. The third-order valence-electron chi connectivity index (χ3n) is 3.59. The van der Waals surface area contributed by atoms with E-state index in [1.165, 1.54) is 11.3 Å². The number of likely N-dealkylation sites (tertiary alicyclic amines) is 1. The van der Waals surface area contributed by atoms with E-state index in [9.17, 15) is 4.79 Å². The molecule has 1 aliphatic heterocycles. The summed E-state index contributed by atoms with van der Waals surface area (Å²) >= 11 is 1.33. The van der Waals surface area contributed by atoms with Crippen molar-refractivity contribution in [3.05, 3.63) is 4.88 Å². The van der Waals surface area contributed by atoms with E-state index in [0.717, 1.165) is 32.5 Å². The molecule has 2 heterocycles. The van der Waals surface area contributed by atoms with E-state index in [1.54, 1.807) is 7.05 Å². The van der Waals surface area contributed by atoms with Gasteiger partial charge >= 0.3 is 0 Å². The van der Waals surface area contributed by atoms with Crippen molar-refractivity contribution in [1.29, 1.82) is 0 Å². The molecule has 7 heteroatoms. The number of nitrogens with zero attached hydrogens (tertiary/aromatic N) is 3. The minimum absolute atomic E-state index is 0.0183. The van der Waals surface area contributed by atoms with Gasteiger partial charge in [0.05, 0.1) is 0 Å². The zero-order chi connectivity index (χ0) is 14.7. The standard InChI is InChI=1S/C13H23N5OS/c1-15-13-16-11(14)10(20-13)12(19)18-6-4-9(5-7-18)8-17(2)3/h9H,4-8,14H2,1-3H3,(H,15,16). The number of rotatable bonds is 4. The Hall–Kier alpha value is -1.34. The minimum Gasteiger partial charge on any atom is -0.382 e. The van der Waals surface area contributed by atoms with Crippen molar-refractivity contribution in [3.8, 4) is 0 Å². The molecule has 20 heavy (non-hydrogen) atoms. The van der Waals surface area contributed by atoms with Crippen LogP contribution >= 0.6 is 11.3 Å². The molecule has 1 aromatic heterocycles. The number of anilines is 2. The van der Waals surface area contributed by atoms with Gasteiger partial charge in [-0.25, -0.2) is 4.98 Å². The summed E-state index contributed by atoms with van der Waals surface area (Å²) < 4.78 is 0. The van der Waals surface area contributed by atoms with Crippen molar-refractivity contribution in [2.45, 2.75) is 12.8 Å². The average molecular weight is 297 g/mol. The van der Waals surface area contributed by atoms with Gasteiger partial charge in [-0.1, -0.05) is 11.3 Å². The zero-order valence-electron chi connectivity index (χ0n) is 12.3. The van der Waals surface area contributed by atoms with Crippen LogP contribution in [0.4, 0.5) is 10.9 Å². The highest BCUT2D eigenvalue weighted by Crippen LogP contribution is 2.27. The van der Waals surface area contributed by atoms with E-state index in [2.05, 4.69) is 29.3 Å². The third kappa shape index (κ3) is 3.40. The van der Waals surface area contributed by atoms with Gasteiger partial charge < -0.3 is 20.9 Å². The van der Waals surface area contributed by atoms with Crippen molar-refractivity contribution in [1.82, 2.24) is 14.8 Å². The van der Waals surface area contributed by atoms with Gasteiger partial charge in [-0.15, -0.1) is 0 Å². The predicted molar refractivity (Wildman–Crippen MR) is 83.3 cm³/mol. The van der Waals surface area contributed by atoms with Crippen molar-refractivity contribution >= 4 is 28.2 Å². The number of hydrogen-bond acceptors (Lipinski definition) is 6. The molecular formula is C13H23N5OS. The molecule has 2 rings (SSSR count). The molecule has 0 aromatic carbocycles. The van der Waals surface area contributed by atoms with E-state index in [1.807, 2.05) is 4.90 Å². The largest absolute Gasteiger partial charge is 0.382 e. The molecule has 1 aromatic rings. The maximum absolute atomic E-state index is 12.5. The highest BCUT2D eigenvalue weighted by molar-refractivity contribution is 7.18. The summed E-state index contributed by atoms with van der Waals surface area (Å²) in [6.07, 6.45) is 2.11. The van der Waals surface area contributed by atoms with Crippen LogP contribution < -0.4 is 11.1 Å². The second-order valence-electron chi connectivity index (χ2n) is 5.48. The Bertz CT molecular complexity index is 465. The second-order valence-corrected chi connectivity index (χ2v) is 6.48. The van der Waals surface area contributed by atoms with Gasteiger partial charge in [0.1, 0.15) is 10.7 Å². The number of amides is 1. The number of carbonyl (C=O) groups excluding carboxylic acids is 1. The average Bonchev–Trinajstić information content (AvgIpc) is 2.79. The second kappa shape index (κ2) is 6.41. The lowest BCUT2D eigenvalue weighted by Gasteiger charge is -2.33. The smallest absolute Gasteiger partial charge is 0.267 e. The summed E-state index contributed by atoms with van der Waals surface area (Å²) in [6.45, 7) is 2.71. The number of nitrogens with one attached hydrogen (secondary N) is 1. The maximum atomic E-state index is 12.5. The molecular weight excluding hydrogens is 274 g/mol. The van der Waals surface area contributed by atoms with Gasteiger partial charge in [0, 0.05) is 26.7 Å². The first kappa shape index (κ1) is 15.1. The highest BCUT2D eigenvalue weighted by Gasteiger charge is 2.26. The molecule has 1 aliphatic rings. The molecule has 0 bridgehead atoms. The predicted octanol–water partition coefficient (Wildman–Crippen LogP) is 1.18. The van der Waals surface area contributed by atoms with E-state index >= 15 is 0 Å². The summed E-state index contributed by atoms with van der Waals surface area (Å²) in [4.78, 5) is 21.3. The molecule has 1 amide bonds. The van der Waals surface area contributed by atoms with E-state index < -0.39 is 0 Å². The first-order chi connectivity index (χ1) is 9.51. The third-order valence-corrected chi connectivity index (χ3v) is 4.66. The summed E-state index contributed by atoms with van der Waals surface area (Å²) in [5, 5.41) is 3.61. The lowest BCUT2D eigenvalue weighted by Crippen LogP contribution is -2.40. The van der Waals surface area contributed by atoms with Gasteiger partial charge in [-0.2, -0.15) is 0 Å². The van der Waals surface area contributed by atoms with E-state index in [-0.39, 0.29) is 5.91 Å². The highest BCUT2D eigenvalue weighted by atomic mass is 32.1. The van der Waals surface area contributed by atoms with Crippen LogP contribution in [0.5, 0.6) is 0 Å². The molecule has 0 radical (unpaired) electrons. The number of aromatic nitrogens is 1. The Kier molecular flexibility index (Phi) is 4.82. The Morgan fingerprint density at radius 2 is 2.15 bits per heavy atom. The zero-order valence-corrected chi connectivity index (χ0v) is 13.2. The molecule has 0 aliphatic carbocycles. The molecule has 0 unspecified atom stereocenters. The number of thiazole rings is 1. The van der Waals surface area contributed by atoms with Crippen LogP contribution in [0.3, 0.4) is 0 Å². The first-order valence-electron chi connectivity index (χ1n) is 6.89. The van der Waals surface area contributed by atoms with Crippen molar-refractivity contribution in [2.24, 2.45) is 5.92 Å². The normalized spacial score (nSPS) is 16.7. The van der Waals surface area contributed by atoms with Crippen LogP contribution in [0, 0.1) is 5.92 Å². The van der Waals surface area contributed by atoms with Crippen LogP contribution in [0.15, 0.2) is 0 Å². The molecule has 0 saturated carbocycles. The first-order valence-corrected chi connectivity index (χ1v) is 7.71. The summed E-state index contributed by atoms with van der Waals surface area (Å²) in [5.74, 6) is 1.03. The van der Waals surface area contributed by atoms with Crippen LogP contribution in [-0.2, 0) is 0 Å². The fourth-order valence-electron chi connectivity index (χ4n) is 2.57. The lowest BCUT2D eigenvalue weighted by molar-refractivity contribution is 0.0683. The number of carbonyl (C=O) groups is 1. The van der Waals surface area contributed by atoms with Crippen molar-refractivity contribution in [3.63, 3.8) is 0 Å². The van der Waals surface area contributed by atoms with Gasteiger partial charge in [-0.05, 0) is 32.9 Å². The minimum atomic E-state index is 0.0183. The van der Waals surface area contributed by atoms with Crippen molar-refractivity contribution < 1.29 is 4.79 Å². The van der Waals surface area contributed by atoms with Crippen molar-refractivity contribution in [2.75, 3.05) is 51.8 Å². The molecule has 3 N–H and O–H groups in total. The molecule has 0 spiro atoms. The van der Waals surface area contributed by atoms with Gasteiger partial charge in [0.25, 0.3) is 5.91 Å². The van der Waals surface area contributed by atoms with Crippen LogP contribution in [0.2, 0.25) is 0 Å². The lowest BCUT2D eigenvalue weighted by atomic mass is 9.96.